The topological polar surface area (TPSA) is 70.2 Å². The Labute approximate surface area is 142 Å². The lowest BCUT2D eigenvalue weighted by Gasteiger charge is -2.17. The van der Waals surface area contributed by atoms with Crippen molar-refractivity contribution in [1.82, 2.24) is 15.3 Å². The van der Waals surface area contributed by atoms with E-state index in [1.165, 1.54) is 18.5 Å². The molecule has 0 spiro atoms. The van der Waals surface area contributed by atoms with Crippen molar-refractivity contribution in [3.8, 4) is 0 Å². The zero-order chi connectivity index (χ0) is 16.8. The molecule has 2 heterocycles. The number of hydrogen-bond donors (Lipinski definition) is 2. The highest BCUT2D eigenvalue weighted by atomic mass is 16.1. The number of nitrogens with zero attached hydrogens (tertiary/aromatic N) is 3. The molecule has 1 saturated heterocycles. The lowest BCUT2D eigenvalue weighted by atomic mass is 10.2. The predicted molar refractivity (Wildman–Crippen MR) is 95.8 cm³/mol. The number of carbonyl (C=O) groups excluding carboxylic acids is 1. The number of rotatable bonds is 6. The Morgan fingerprint density at radius 3 is 2.42 bits per heavy atom. The second kappa shape index (κ2) is 7.77. The Morgan fingerprint density at radius 2 is 1.79 bits per heavy atom. The van der Waals surface area contributed by atoms with Crippen LogP contribution in [-0.2, 0) is 0 Å². The molecule has 1 aliphatic heterocycles. The van der Waals surface area contributed by atoms with Gasteiger partial charge < -0.3 is 15.5 Å². The number of carbonyl (C=O) groups is 1. The summed E-state index contributed by atoms with van der Waals surface area (Å²) in [5, 5.41) is 5.97. The van der Waals surface area contributed by atoms with Crippen LogP contribution in [0.3, 0.4) is 0 Å². The van der Waals surface area contributed by atoms with Crippen LogP contribution in [0.25, 0.3) is 0 Å². The summed E-state index contributed by atoms with van der Waals surface area (Å²) in [5.41, 5.74) is 2.65. The summed E-state index contributed by atoms with van der Waals surface area (Å²) >= 11 is 0. The molecule has 2 N–H and O–H groups in total. The van der Waals surface area contributed by atoms with Crippen LogP contribution in [0.4, 0.5) is 17.3 Å². The van der Waals surface area contributed by atoms with Gasteiger partial charge in [0.1, 0.15) is 0 Å². The number of aromatic nitrogens is 2. The predicted octanol–water partition coefficient (Wildman–Crippen LogP) is 2.96. The normalized spacial score (nSPS) is 13.8. The molecule has 1 amide bonds. The molecule has 0 atom stereocenters. The minimum Gasteiger partial charge on any atom is -0.372 e. The highest BCUT2D eigenvalue weighted by molar-refractivity contribution is 5.93. The van der Waals surface area contributed by atoms with Crippen LogP contribution >= 0.6 is 0 Å². The zero-order valence-electron chi connectivity index (χ0n) is 14.0. The van der Waals surface area contributed by atoms with E-state index in [0.29, 0.717) is 18.1 Å². The standard InChI is InChI=1S/C18H23N5O/c1-2-9-19-17(24)14-12-20-18(21-13-14)22-15-5-7-16(8-6-15)23-10-3-4-11-23/h5-8,12-13H,2-4,9-11H2,1H3,(H,19,24)(H,20,21,22). The highest BCUT2D eigenvalue weighted by Crippen LogP contribution is 2.23. The van der Waals surface area contributed by atoms with Gasteiger partial charge in [0.05, 0.1) is 5.56 Å². The molecule has 1 aromatic carbocycles. The van der Waals surface area contributed by atoms with Crippen molar-refractivity contribution in [2.75, 3.05) is 29.9 Å². The van der Waals surface area contributed by atoms with Crippen LogP contribution in [-0.4, -0.2) is 35.5 Å². The van der Waals surface area contributed by atoms with Gasteiger partial charge in [0.25, 0.3) is 5.91 Å². The van der Waals surface area contributed by atoms with Crippen molar-refractivity contribution in [3.63, 3.8) is 0 Å². The molecule has 0 bridgehead atoms. The molecule has 1 aliphatic rings. The molecule has 1 aromatic heterocycles. The molecule has 2 aromatic rings. The Morgan fingerprint density at radius 1 is 1.12 bits per heavy atom. The average molecular weight is 325 g/mol. The fourth-order valence-corrected chi connectivity index (χ4v) is 2.71. The first-order valence-corrected chi connectivity index (χ1v) is 8.48. The average Bonchev–Trinajstić information content (AvgIpc) is 3.15. The van der Waals surface area contributed by atoms with E-state index in [1.807, 2.05) is 19.1 Å². The number of anilines is 3. The van der Waals surface area contributed by atoms with Crippen molar-refractivity contribution in [2.45, 2.75) is 26.2 Å². The van der Waals surface area contributed by atoms with Gasteiger partial charge in [-0.15, -0.1) is 0 Å². The van der Waals surface area contributed by atoms with E-state index in [2.05, 4.69) is 37.6 Å². The molecule has 3 rings (SSSR count). The molecular formula is C18H23N5O. The summed E-state index contributed by atoms with van der Waals surface area (Å²) < 4.78 is 0. The third-order valence-corrected chi connectivity index (χ3v) is 4.04. The summed E-state index contributed by atoms with van der Waals surface area (Å²) in [6.45, 7) is 4.94. The summed E-state index contributed by atoms with van der Waals surface area (Å²) in [5.74, 6) is 0.342. The fourth-order valence-electron chi connectivity index (χ4n) is 2.71. The maximum atomic E-state index is 11.8. The molecule has 0 aliphatic carbocycles. The third kappa shape index (κ3) is 4.01. The first-order valence-electron chi connectivity index (χ1n) is 8.48. The maximum Gasteiger partial charge on any atom is 0.254 e. The molecule has 0 saturated carbocycles. The molecule has 1 fully saturated rings. The molecule has 6 nitrogen and oxygen atoms in total. The van der Waals surface area contributed by atoms with E-state index in [1.54, 1.807) is 12.4 Å². The quantitative estimate of drug-likeness (QED) is 0.854. The van der Waals surface area contributed by atoms with Crippen LogP contribution in [0.15, 0.2) is 36.7 Å². The molecular weight excluding hydrogens is 302 g/mol. The second-order valence-electron chi connectivity index (χ2n) is 5.92. The number of amides is 1. The molecule has 0 radical (unpaired) electrons. The second-order valence-corrected chi connectivity index (χ2v) is 5.92. The van der Waals surface area contributed by atoms with Gasteiger partial charge in [-0.3, -0.25) is 4.79 Å². The summed E-state index contributed by atoms with van der Waals surface area (Å²) in [6.07, 6.45) is 6.52. The minimum atomic E-state index is -0.140. The number of hydrogen-bond acceptors (Lipinski definition) is 5. The van der Waals surface area contributed by atoms with Crippen molar-refractivity contribution >= 4 is 23.2 Å². The molecule has 0 unspecified atom stereocenters. The van der Waals surface area contributed by atoms with Gasteiger partial charge in [-0.1, -0.05) is 6.92 Å². The van der Waals surface area contributed by atoms with E-state index in [4.69, 9.17) is 0 Å². The largest absolute Gasteiger partial charge is 0.372 e. The van der Waals surface area contributed by atoms with E-state index >= 15 is 0 Å². The van der Waals surface area contributed by atoms with Crippen molar-refractivity contribution in [1.29, 1.82) is 0 Å². The van der Waals surface area contributed by atoms with Gasteiger partial charge in [-0.25, -0.2) is 9.97 Å². The maximum absolute atomic E-state index is 11.8. The van der Waals surface area contributed by atoms with Crippen molar-refractivity contribution in [2.24, 2.45) is 0 Å². The Bertz CT molecular complexity index is 663. The van der Waals surface area contributed by atoms with Gasteiger partial charge >= 0.3 is 0 Å². The molecule has 6 heteroatoms. The van der Waals surface area contributed by atoms with Gasteiger partial charge in [-0.2, -0.15) is 0 Å². The van der Waals surface area contributed by atoms with Crippen LogP contribution in [0.2, 0.25) is 0 Å². The number of benzene rings is 1. The highest BCUT2D eigenvalue weighted by Gasteiger charge is 2.12. The SMILES string of the molecule is CCCNC(=O)c1cnc(Nc2ccc(N3CCCC3)cc2)nc1. The minimum absolute atomic E-state index is 0.140. The first-order chi connectivity index (χ1) is 11.8. The van der Waals surface area contributed by atoms with Crippen LogP contribution in [0.1, 0.15) is 36.5 Å². The Hall–Kier alpha value is -2.63. The molecule has 126 valence electrons. The smallest absolute Gasteiger partial charge is 0.254 e. The Balaban J connectivity index is 1.60. The van der Waals surface area contributed by atoms with Crippen LogP contribution in [0, 0.1) is 0 Å². The van der Waals surface area contributed by atoms with Crippen molar-refractivity contribution in [3.05, 3.63) is 42.2 Å². The van der Waals surface area contributed by atoms with Gasteiger partial charge in [0.2, 0.25) is 5.95 Å². The van der Waals surface area contributed by atoms with E-state index in [-0.39, 0.29) is 5.91 Å². The fraction of sp³-hybridized carbons (Fsp3) is 0.389. The van der Waals surface area contributed by atoms with Gasteiger partial charge in [0, 0.05) is 43.4 Å². The monoisotopic (exact) mass is 325 g/mol. The Kier molecular flexibility index (Phi) is 5.25. The van der Waals surface area contributed by atoms with E-state index in [9.17, 15) is 4.79 Å². The van der Waals surface area contributed by atoms with Gasteiger partial charge in [-0.05, 0) is 43.5 Å². The summed E-state index contributed by atoms with van der Waals surface area (Å²) in [4.78, 5) is 22.6. The van der Waals surface area contributed by atoms with E-state index in [0.717, 1.165) is 25.2 Å². The van der Waals surface area contributed by atoms with E-state index < -0.39 is 0 Å². The summed E-state index contributed by atoms with van der Waals surface area (Å²) in [7, 11) is 0. The third-order valence-electron chi connectivity index (χ3n) is 4.04. The van der Waals surface area contributed by atoms with Crippen LogP contribution < -0.4 is 15.5 Å². The number of nitrogens with one attached hydrogen (secondary N) is 2. The van der Waals surface area contributed by atoms with Crippen LogP contribution in [0.5, 0.6) is 0 Å². The summed E-state index contributed by atoms with van der Waals surface area (Å²) in [6, 6.07) is 8.28. The van der Waals surface area contributed by atoms with Gasteiger partial charge in [0.15, 0.2) is 0 Å². The van der Waals surface area contributed by atoms with Crippen molar-refractivity contribution < 1.29 is 4.79 Å². The lowest BCUT2D eigenvalue weighted by Crippen LogP contribution is -2.24. The first kappa shape index (κ1) is 16.2. The molecule has 24 heavy (non-hydrogen) atoms. The lowest BCUT2D eigenvalue weighted by molar-refractivity contribution is 0.0953. The zero-order valence-corrected chi connectivity index (χ0v) is 14.0.